The maximum absolute atomic E-state index is 5.33. The van der Waals surface area contributed by atoms with Gasteiger partial charge in [-0.3, -0.25) is 0 Å². The van der Waals surface area contributed by atoms with E-state index in [1.807, 2.05) is 0 Å². The Morgan fingerprint density at radius 2 is 2.35 bits per heavy atom. The molecule has 96 valence electrons. The van der Waals surface area contributed by atoms with E-state index in [1.54, 1.807) is 7.11 Å². The summed E-state index contributed by atoms with van der Waals surface area (Å²) in [5.41, 5.74) is 0. The van der Waals surface area contributed by atoms with E-state index >= 15 is 0 Å². The molecule has 0 spiro atoms. The fraction of sp³-hybridized carbons (Fsp3) is 0.833. The molecule has 2 rings (SSSR count). The molecule has 1 aliphatic carbocycles. The zero-order chi connectivity index (χ0) is 12.1. The van der Waals surface area contributed by atoms with Crippen molar-refractivity contribution in [1.29, 1.82) is 0 Å². The molecule has 0 amide bonds. The zero-order valence-electron chi connectivity index (χ0n) is 10.6. The molecule has 1 saturated carbocycles. The molecule has 17 heavy (non-hydrogen) atoms. The summed E-state index contributed by atoms with van der Waals surface area (Å²) in [5, 5.41) is 7.49. The lowest BCUT2D eigenvalue weighted by molar-refractivity contribution is 0.174. The average molecular weight is 239 g/mol. The molecule has 1 N–H and O–H groups in total. The third kappa shape index (κ3) is 3.04. The Kier molecular flexibility index (Phi) is 4.50. The molecule has 1 aromatic heterocycles. The summed E-state index contributed by atoms with van der Waals surface area (Å²) in [6.45, 7) is 3.66. The van der Waals surface area contributed by atoms with Gasteiger partial charge in [0, 0.05) is 13.2 Å². The quantitative estimate of drug-likeness (QED) is 0.821. The van der Waals surface area contributed by atoms with E-state index in [2.05, 4.69) is 22.4 Å². The van der Waals surface area contributed by atoms with Crippen molar-refractivity contribution in [2.75, 3.05) is 13.7 Å². The third-order valence-electron chi connectivity index (χ3n) is 3.25. The number of methoxy groups -OCH3 is 1. The molecule has 2 unspecified atom stereocenters. The summed E-state index contributed by atoms with van der Waals surface area (Å²) in [6.07, 6.45) is 4.72. The standard InChI is InChI=1S/C12H21N3O2/c1-3-7-13-10-6-4-5-9(10)12-14-11(8-16-2)15-17-12/h9-10,13H,3-8H2,1-2H3. The Labute approximate surface area is 102 Å². The lowest BCUT2D eigenvalue weighted by Gasteiger charge is -2.17. The summed E-state index contributed by atoms with van der Waals surface area (Å²) in [5.74, 6) is 1.78. The molecular formula is C12H21N3O2. The van der Waals surface area contributed by atoms with Gasteiger partial charge in [0.1, 0.15) is 6.61 Å². The van der Waals surface area contributed by atoms with Gasteiger partial charge in [0.15, 0.2) is 5.82 Å². The molecule has 0 radical (unpaired) electrons. The summed E-state index contributed by atoms with van der Waals surface area (Å²) in [7, 11) is 1.64. The van der Waals surface area contributed by atoms with Crippen LogP contribution in [0.3, 0.4) is 0 Å². The van der Waals surface area contributed by atoms with Crippen molar-refractivity contribution in [3.05, 3.63) is 11.7 Å². The van der Waals surface area contributed by atoms with Crippen LogP contribution in [0, 0.1) is 0 Å². The Morgan fingerprint density at radius 1 is 1.47 bits per heavy atom. The minimum atomic E-state index is 0.375. The van der Waals surface area contributed by atoms with Crippen LogP contribution in [0.1, 0.15) is 50.2 Å². The van der Waals surface area contributed by atoms with Crippen molar-refractivity contribution in [2.45, 2.75) is 51.2 Å². The normalized spacial score (nSPS) is 24.4. The molecule has 0 aliphatic heterocycles. The van der Waals surface area contributed by atoms with E-state index in [0.717, 1.165) is 25.3 Å². The van der Waals surface area contributed by atoms with Crippen molar-refractivity contribution < 1.29 is 9.26 Å². The molecule has 0 aromatic carbocycles. The van der Waals surface area contributed by atoms with Crippen molar-refractivity contribution >= 4 is 0 Å². The third-order valence-corrected chi connectivity index (χ3v) is 3.25. The Hall–Kier alpha value is -0.940. The fourth-order valence-electron chi connectivity index (χ4n) is 2.44. The van der Waals surface area contributed by atoms with Gasteiger partial charge in [0.2, 0.25) is 5.89 Å². The topological polar surface area (TPSA) is 60.2 Å². The number of hydrogen-bond acceptors (Lipinski definition) is 5. The molecule has 1 heterocycles. The number of ether oxygens (including phenoxy) is 1. The largest absolute Gasteiger partial charge is 0.377 e. The highest BCUT2D eigenvalue weighted by atomic mass is 16.5. The van der Waals surface area contributed by atoms with Crippen LogP contribution in [-0.4, -0.2) is 29.8 Å². The van der Waals surface area contributed by atoms with Crippen molar-refractivity contribution in [2.24, 2.45) is 0 Å². The van der Waals surface area contributed by atoms with E-state index in [-0.39, 0.29) is 0 Å². The van der Waals surface area contributed by atoms with Crippen LogP contribution in [0.25, 0.3) is 0 Å². The SMILES string of the molecule is CCCNC1CCCC1c1nc(COC)no1. The van der Waals surface area contributed by atoms with Gasteiger partial charge in [-0.05, 0) is 25.8 Å². The molecular weight excluding hydrogens is 218 g/mol. The van der Waals surface area contributed by atoms with E-state index in [0.29, 0.717) is 24.4 Å². The predicted octanol–water partition coefficient (Wildman–Crippen LogP) is 1.85. The summed E-state index contributed by atoms with van der Waals surface area (Å²) < 4.78 is 10.3. The Morgan fingerprint density at radius 3 is 3.12 bits per heavy atom. The van der Waals surface area contributed by atoms with Gasteiger partial charge < -0.3 is 14.6 Å². The van der Waals surface area contributed by atoms with E-state index in [9.17, 15) is 0 Å². The number of nitrogens with zero attached hydrogens (tertiary/aromatic N) is 2. The highest BCUT2D eigenvalue weighted by Crippen LogP contribution is 2.33. The molecule has 2 atom stereocenters. The predicted molar refractivity (Wildman–Crippen MR) is 63.7 cm³/mol. The second-order valence-corrected chi connectivity index (χ2v) is 4.58. The van der Waals surface area contributed by atoms with E-state index in [1.165, 1.54) is 12.8 Å². The van der Waals surface area contributed by atoms with Gasteiger partial charge >= 0.3 is 0 Å². The maximum Gasteiger partial charge on any atom is 0.231 e. The first kappa shape index (κ1) is 12.5. The molecule has 5 nitrogen and oxygen atoms in total. The number of nitrogens with one attached hydrogen (secondary N) is 1. The van der Waals surface area contributed by atoms with Crippen molar-refractivity contribution in [3.63, 3.8) is 0 Å². The van der Waals surface area contributed by atoms with Gasteiger partial charge in [-0.25, -0.2) is 0 Å². The number of hydrogen-bond donors (Lipinski definition) is 1. The number of rotatable bonds is 6. The van der Waals surface area contributed by atoms with Crippen LogP contribution in [0.2, 0.25) is 0 Å². The van der Waals surface area contributed by atoms with Gasteiger partial charge in [-0.15, -0.1) is 0 Å². The monoisotopic (exact) mass is 239 g/mol. The van der Waals surface area contributed by atoms with Gasteiger partial charge in [0.25, 0.3) is 0 Å². The smallest absolute Gasteiger partial charge is 0.231 e. The van der Waals surface area contributed by atoms with Crippen molar-refractivity contribution in [1.82, 2.24) is 15.5 Å². The van der Waals surface area contributed by atoms with Gasteiger partial charge in [-0.1, -0.05) is 18.5 Å². The average Bonchev–Trinajstić information content (AvgIpc) is 2.94. The molecule has 1 fully saturated rings. The van der Waals surface area contributed by atoms with Crippen LogP contribution in [-0.2, 0) is 11.3 Å². The second kappa shape index (κ2) is 6.12. The van der Waals surface area contributed by atoms with E-state index in [4.69, 9.17) is 9.26 Å². The van der Waals surface area contributed by atoms with Gasteiger partial charge in [-0.2, -0.15) is 4.98 Å². The summed E-state index contributed by atoms with van der Waals surface area (Å²) >= 11 is 0. The van der Waals surface area contributed by atoms with Gasteiger partial charge in [0.05, 0.1) is 5.92 Å². The minimum Gasteiger partial charge on any atom is -0.377 e. The first-order valence-electron chi connectivity index (χ1n) is 6.40. The molecule has 5 heteroatoms. The first-order valence-corrected chi connectivity index (χ1v) is 6.40. The lowest BCUT2D eigenvalue weighted by atomic mass is 10.0. The lowest BCUT2D eigenvalue weighted by Crippen LogP contribution is -2.31. The second-order valence-electron chi connectivity index (χ2n) is 4.58. The highest BCUT2D eigenvalue weighted by molar-refractivity contribution is 5.02. The first-order chi connectivity index (χ1) is 8.35. The molecule has 0 saturated heterocycles. The Balaban J connectivity index is 1.98. The van der Waals surface area contributed by atoms with Crippen molar-refractivity contribution in [3.8, 4) is 0 Å². The number of aromatic nitrogens is 2. The molecule has 0 bridgehead atoms. The highest BCUT2D eigenvalue weighted by Gasteiger charge is 2.32. The fourth-order valence-corrected chi connectivity index (χ4v) is 2.44. The molecule has 1 aliphatic rings. The summed E-state index contributed by atoms with van der Waals surface area (Å²) in [4.78, 5) is 4.40. The zero-order valence-corrected chi connectivity index (χ0v) is 10.6. The van der Waals surface area contributed by atoms with E-state index < -0.39 is 0 Å². The van der Waals surface area contributed by atoms with Crippen LogP contribution in [0.5, 0.6) is 0 Å². The summed E-state index contributed by atoms with van der Waals surface area (Å²) in [6, 6.07) is 0.491. The van der Waals surface area contributed by atoms with Crippen LogP contribution < -0.4 is 5.32 Å². The maximum atomic E-state index is 5.33. The van der Waals surface area contributed by atoms with Crippen LogP contribution in [0.15, 0.2) is 4.52 Å². The molecule has 1 aromatic rings. The van der Waals surface area contributed by atoms with Crippen LogP contribution >= 0.6 is 0 Å². The minimum absolute atomic E-state index is 0.375. The van der Waals surface area contributed by atoms with Crippen LogP contribution in [0.4, 0.5) is 0 Å². The Bertz CT molecular complexity index is 340.